The molecule has 0 unspecified atom stereocenters. The summed E-state index contributed by atoms with van der Waals surface area (Å²) in [7, 11) is 0. The molecule has 0 aliphatic rings. The Kier molecular flexibility index (Phi) is 2.57. The van der Waals surface area contributed by atoms with Crippen LogP contribution in [0.3, 0.4) is 0 Å². The number of fused-ring (bicyclic) bond motifs is 1. The monoisotopic (exact) mass is 256 g/mol. The van der Waals surface area contributed by atoms with Crippen LogP contribution in [-0.4, -0.2) is 31.5 Å². The Morgan fingerprint density at radius 1 is 1.32 bits per heavy atom. The first kappa shape index (κ1) is 11.1. The molecule has 0 bridgehead atoms. The summed E-state index contributed by atoms with van der Waals surface area (Å²) < 4.78 is 5.39. The summed E-state index contributed by atoms with van der Waals surface area (Å²) in [5, 5.41) is 19.1. The van der Waals surface area contributed by atoms with Gasteiger partial charge in [-0.25, -0.2) is 9.89 Å². The van der Waals surface area contributed by atoms with Gasteiger partial charge in [0, 0.05) is 17.6 Å². The predicted octanol–water partition coefficient (Wildman–Crippen LogP) is 1.84. The second kappa shape index (κ2) is 4.37. The van der Waals surface area contributed by atoms with Gasteiger partial charge in [-0.2, -0.15) is 0 Å². The fourth-order valence-electron chi connectivity index (χ4n) is 1.65. The van der Waals surface area contributed by atoms with Gasteiger partial charge in [0.15, 0.2) is 0 Å². The first-order valence-electron chi connectivity index (χ1n) is 5.41. The molecule has 7 heteroatoms. The summed E-state index contributed by atoms with van der Waals surface area (Å²) >= 11 is 0. The number of nitrogens with zero attached hydrogens (tertiary/aromatic N) is 3. The van der Waals surface area contributed by atoms with Gasteiger partial charge >= 0.3 is 5.97 Å². The zero-order valence-corrected chi connectivity index (χ0v) is 9.57. The molecule has 0 saturated carbocycles. The first-order valence-corrected chi connectivity index (χ1v) is 5.41. The van der Waals surface area contributed by atoms with E-state index in [9.17, 15) is 4.79 Å². The standard InChI is InChI=1S/C12H8N4O3/c17-12(18)10-11(15-16-14-10)19-8-4-3-7-2-1-5-13-9(7)6-8/h1-6H,(H,17,18)(H,14,15,16). The molecule has 0 aliphatic carbocycles. The Balaban J connectivity index is 1.97. The average molecular weight is 256 g/mol. The highest BCUT2D eigenvalue weighted by Gasteiger charge is 2.16. The van der Waals surface area contributed by atoms with Crippen LogP contribution in [0.15, 0.2) is 36.5 Å². The summed E-state index contributed by atoms with van der Waals surface area (Å²) in [6, 6.07) is 9.01. The van der Waals surface area contributed by atoms with Crippen LogP contribution in [0.4, 0.5) is 0 Å². The largest absolute Gasteiger partial charge is 0.476 e. The Labute approximate surface area is 106 Å². The molecular formula is C12H8N4O3. The minimum absolute atomic E-state index is 0.0808. The third-order valence-electron chi connectivity index (χ3n) is 2.52. The maximum atomic E-state index is 10.9. The van der Waals surface area contributed by atoms with Crippen molar-refractivity contribution in [2.45, 2.75) is 0 Å². The van der Waals surface area contributed by atoms with Crippen LogP contribution in [0.1, 0.15) is 10.5 Å². The molecule has 0 spiro atoms. The van der Waals surface area contributed by atoms with E-state index in [-0.39, 0.29) is 11.6 Å². The molecule has 2 N–H and O–H groups in total. The van der Waals surface area contributed by atoms with Gasteiger partial charge in [0.25, 0.3) is 5.88 Å². The number of ether oxygens (including phenoxy) is 1. The number of carbonyl (C=O) groups is 1. The van der Waals surface area contributed by atoms with Crippen LogP contribution in [-0.2, 0) is 0 Å². The Hall–Kier alpha value is -2.96. The van der Waals surface area contributed by atoms with Crippen molar-refractivity contribution in [3.05, 3.63) is 42.2 Å². The minimum atomic E-state index is -1.18. The maximum absolute atomic E-state index is 10.9. The second-order valence-electron chi connectivity index (χ2n) is 3.76. The summed E-state index contributed by atoms with van der Waals surface area (Å²) in [6.07, 6.45) is 1.67. The third kappa shape index (κ3) is 2.08. The lowest BCUT2D eigenvalue weighted by molar-refractivity contribution is 0.0687. The molecule has 19 heavy (non-hydrogen) atoms. The molecule has 94 valence electrons. The number of rotatable bonds is 3. The second-order valence-corrected chi connectivity index (χ2v) is 3.76. The molecule has 7 nitrogen and oxygen atoms in total. The Bertz CT molecular complexity index is 753. The van der Waals surface area contributed by atoms with Crippen molar-refractivity contribution >= 4 is 16.9 Å². The SMILES string of the molecule is O=C(O)c1[nH]nnc1Oc1ccc2cccnc2c1. The van der Waals surface area contributed by atoms with Gasteiger partial charge in [-0.15, -0.1) is 0 Å². The molecule has 0 radical (unpaired) electrons. The lowest BCUT2D eigenvalue weighted by atomic mass is 10.2. The van der Waals surface area contributed by atoms with Gasteiger partial charge < -0.3 is 9.84 Å². The van der Waals surface area contributed by atoms with Crippen molar-refractivity contribution in [1.82, 2.24) is 20.4 Å². The van der Waals surface area contributed by atoms with Crippen molar-refractivity contribution in [3.8, 4) is 11.6 Å². The van der Waals surface area contributed by atoms with E-state index in [0.717, 1.165) is 10.9 Å². The zero-order valence-electron chi connectivity index (χ0n) is 9.57. The van der Waals surface area contributed by atoms with E-state index in [1.165, 1.54) is 0 Å². The van der Waals surface area contributed by atoms with Gasteiger partial charge in [-0.05, 0) is 18.2 Å². The van der Waals surface area contributed by atoms with E-state index in [1.54, 1.807) is 18.3 Å². The predicted molar refractivity (Wildman–Crippen MR) is 65.2 cm³/mol. The fourth-order valence-corrected chi connectivity index (χ4v) is 1.65. The number of aromatic nitrogens is 4. The number of aromatic carboxylic acids is 1. The number of benzene rings is 1. The van der Waals surface area contributed by atoms with Crippen LogP contribution >= 0.6 is 0 Å². The highest BCUT2D eigenvalue weighted by Crippen LogP contribution is 2.24. The Morgan fingerprint density at radius 3 is 3.05 bits per heavy atom. The third-order valence-corrected chi connectivity index (χ3v) is 2.52. The smallest absolute Gasteiger partial charge is 0.359 e. The van der Waals surface area contributed by atoms with E-state index < -0.39 is 5.97 Å². The molecule has 1 aromatic carbocycles. The van der Waals surface area contributed by atoms with Crippen molar-refractivity contribution in [3.63, 3.8) is 0 Å². The highest BCUT2D eigenvalue weighted by atomic mass is 16.5. The minimum Gasteiger partial charge on any atom is -0.476 e. The van der Waals surface area contributed by atoms with E-state index in [1.807, 2.05) is 18.2 Å². The Morgan fingerprint density at radius 2 is 2.21 bits per heavy atom. The molecular weight excluding hydrogens is 248 g/mol. The lowest BCUT2D eigenvalue weighted by Crippen LogP contribution is -1.99. The number of carboxylic acids is 1. The highest BCUT2D eigenvalue weighted by molar-refractivity contribution is 5.87. The average Bonchev–Trinajstić information content (AvgIpc) is 2.87. The summed E-state index contributed by atoms with van der Waals surface area (Å²) in [5.74, 6) is -0.815. The number of hydrogen-bond donors (Lipinski definition) is 2. The number of nitrogens with one attached hydrogen (secondary N) is 1. The van der Waals surface area contributed by atoms with Gasteiger partial charge in [-0.1, -0.05) is 16.4 Å². The number of hydrogen-bond acceptors (Lipinski definition) is 5. The molecule has 0 saturated heterocycles. The van der Waals surface area contributed by atoms with Crippen LogP contribution < -0.4 is 4.74 Å². The van der Waals surface area contributed by atoms with Crippen molar-refractivity contribution in [2.75, 3.05) is 0 Å². The molecule has 3 aromatic rings. The van der Waals surface area contributed by atoms with Gasteiger partial charge in [0.05, 0.1) is 5.52 Å². The van der Waals surface area contributed by atoms with Crippen LogP contribution in [0.5, 0.6) is 11.6 Å². The van der Waals surface area contributed by atoms with Crippen molar-refractivity contribution < 1.29 is 14.6 Å². The quantitative estimate of drug-likeness (QED) is 0.741. The molecule has 0 fully saturated rings. The van der Waals surface area contributed by atoms with Crippen molar-refractivity contribution in [1.29, 1.82) is 0 Å². The molecule has 0 aliphatic heterocycles. The molecule has 3 rings (SSSR count). The zero-order chi connectivity index (χ0) is 13.2. The topological polar surface area (TPSA) is 101 Å². The van der Waals surface area contributed by atoms with Gasteiger partial charge in [0.1, 0.15) is 5.75 Å². The molecule has 0 amide bonds. The number of H-pyrrole nitrogens is 1. The first-order chi connectivity index (χ1) is 9.24. The van der Waals surface area contributed by atoms with Crippen LogP contribution in [0.25, 0.3) is 10.9 Å². The normalized spacial score (nSPS) is 10.5. The van der Waals surface area contributed by atoms with Gasteiger partial charge in [0.2, 0.25) is 5.69 Å². The molecule has 2 heterocycles. The summed E-state index contributed by atoms with van der Waals surface area (Å²) in [4.78, 5) is 15.1. The lowest BCUT2D eigenvalue weighted by Gasteiger charge is -2.03. The van der Waals surface area contributed by atoms with Crippen molar-refractivity contribution in [2.24, 2.45) is 0 Å². The summed E-state index contributed by atoms with van der Waals surface area (Å²) in [6.45, 7) is 0. The molecule has 2 aromatic heterocycles. The number of pyridine rings is 1. The fraction of sp³-hybridized carbons (Fsp3) is 0. The van der Waals surface area contributed by atoms with Crippen LogP contribution in [0.2, 0.25) is 0 Å². The molecule has 0 atom stereocenters. The van der Waals surface area contributed by atoms with Gasteiger partial charge in [-0.3, -0.25) is 4.98 Å². The maximum Gasteiger partial charge on any atom is 0.359 e. The summed E-state index contributed by atoms with van der Waals surface area (Å²) in [5.41, 5.74) is 0.557. The van der Waals surface area contributed by atoms with E-state index in [4.69, 9.17) is 9.84 Å². The van der Waals surface area contributed by atoms with Crippen LogP contribution in [0, 0.1) is 0 Å². The van der Waals surface area contributed by atoms with E-state index >= 15 is 0 Å². The number of carboxylic acid groups (broad SMARTS) is 1. The van der Waals surface area contributed by atoms with E-state index in [0.29, 0.717) is 5.75 Å². The number of aromatic amines is 1. The van der Waals surface area contributed by atoms with E-state index in [2.05, 4.69) is 20.4 Å².